The Morgan fingerprint density at radius 2 is 1.90 bits per heavy atom. The first-order valence-electron chi connectivity index (χ1n) is 7.74. The molecule has 2 unspecified atom stereocenters. The van der Waals surface area contributed by atoms with Crippen molar-refractivity contribution in [3.63, 3.8) is 0 Å². The molecule has 0 aromatic carbocycles. The van der Waals surface area contributed by atoms with Crippen molar-refractivity contribution in [2.24, 2.45) is 0 Å². The number of likely N-dealkylation sites (tertiary alicyclic amines) is 1. The molecule has 2 aliphatic heterocycles. The molecule has 2 rings (SSSR count). The van der Waals surface area contributed by atoms with Gasteiger partial charge in [-0.2, -0.15) is 0 Å². The Labute approximate surface area is 121 Å². The summed E-state index contributed by atoms with van der Waals surface area (Å²) in [5.74, 6) is -0.185. The third-order valence-corrected chi connectivity index (χ3v) is 4.07. The number of rotatable bonds is 2. The highest BCUT2D eigenvalue weighted by molar-refractivity contribution is 5.76. The van der Waals surface area contributed by atoms with E-state index < -0.39 is 5.60 Å². The van der Waals surface area contributed by atoms with Crippen LogP contribution in [-0.4, -0.2) is 59.4 Å². The molecule has 0 spiro atoms. The number of esters is 1. The van der Waals surface area contributed by atoms with Crippen LogP contribution in [0.15, 0.2) is 0 Å². The number of aliphatic hydroxyl groups is 1. The molecule has 2 fully saturated rings. The molecule has 0 aromatic rings. The Hall–Kier alpha value is -0.650. The highest BCUT2D eigenvalue weighted by Crippen LogP contribution is 2.26. The van der Waals surface area contributed by atoms with E-state index in [1.807, 2.05) is 20.8 Å². The molecule has 5 heteroatoms. The summed E-state index contributed by atoms with van der Waals surface area (Å²) in [4.78, 5) is 14.7. The number of carbonyl (C=O) groups is 1. The fourth-order valence-electron chi connectivity index (χ4n) is 3.14. The number of hydrogen-bond donors (Lipinski definition) is 2. The van der Waals surface area contributed by atoms with Crippen molar-refractivity contribution < 1.29 is 14.6 Å². The molecule has 2 saturated heterocycles. The monoisotopic (exact) mass is 284 g/mol. The Bertz CT molecular complexity index is 335. The van der Waals surface area contributed by atoms with Gasteiger partial charge in [-0.15, -0.1) is 0 Å². The molecule has 0 saturated carbocycles. The fraction of sp³-hybridized carbons (Fsp3) is 0.933. The lowest BCUT2D eigenvalue weighted by Crippen LogP contribution is -2.56. The third-order valence-electron chi connectivity index (χ3n) is 4.07. The Balaban J connectivity index is 2.05. The molecule has 0 bridgehead atoms. The standard InChI is InChI=1S/C15H28N2O3/c1-15(2,3)20-14(19)13-10-12(18)6-9-17(13)11-4-7-16-8-5-11/h11-13,16,18H,4-10H2,1-3H3. The molecule has 0 aliphatic carbocycles. The lowest BCUT2D eigenvalue weighted by atomic mass is 9.94. The molecule has 20 heavy (non-hydrogen) atoms. The van der Waals surface area contributed by atoms with Gasteiger partial charge in [0.05, 0.1) is 6.10 Å². The average molecular weight is 284 g/mol. The van der Waals surface area contributed by atoms with Crippen LogP contribution in [-0.2, 0) is 9.53 Å². The van der Waals surface area contributed by atoms with Crippen LogP contribution < -0.4 is 5.32 Å². The van der Waals surface area contributed by atoms with E-state index >= 15 is 0 Å². The summed E-state index contributed by atoms with van der Waals surface area (Å²) in [6.45, 7) is 8.46. The van der Waals surface area contributed by atoms with Crippen LogP contribution in [0.4, 0.5) is 0 Å². The fourth-order valence-corrected chi connectivity index (χ4v) is 3.14. The predicted molar refractivity (Wildman–Crippen MR) is 77.5 cm³/mol. The van der Waals surface area contributed by atoms with Gasteiger partial charge >= 0.3 is 5.97 Å². The van der Waals surface area contributed by atoms with Crippen LogP contribution in [0.5, 0.6) is 0 Å². The van der Waals surface area contributed by atoms with Crippen molar-refractivity contribution >= 4 is 5.97 Å². The van der Waals surface area contributed by atoms with Gasteiger partial charge in [0.2, 0.25) is 0 Å². The normalized spacial score (nSPS) is 30.2. The maximum Gasteiger partial charge on any atom is 0.323 e. The van der Waals surface area contributed by atoms with Crippen LogP contribution >= 0.6 is 0 Å². The smallest absolute Gasteiger partial charge is 0.323 e. The molecule has 2 aliphatic rings. The van der Waals surface area contributed by atoms with E-state index in [1.165, 1.54) is 0 Å². The molecule has 5 nitrogen and oxygen atoms in total. The van der Waals surface area contributed by atoms with Crippen molar-refractivity contribution in [3.05, 3.63) is 0 Å². The van der Waals surface area contributed by atoms with Crippen molar-refractivity contribution in [2.75, 3.05) is 19.6 Å². The second kappa shape index (κ2) is 6.41. The minimum absolute atomic E-state index is 0.185. The number of nitrogens with zero attached hydrogens (tertiary/aromatic N) is 1. The number of aliphatic hydroxyl groups excluding tert-OH is 1. The summed E-state index contributed by atoms with van der Waals surface area (Å²) in [6, 6.07) is 0.141. The maximum absolute atomic E-state index is 12.4. The van der Waals surface area contributed by atoms with Crippen molar-refractivity contribution in [2.45, 2.75) is 70.2 Å². The van der Waals surface area contributed by atoms with Crippen LogP contribution in [0, 0.1) is 0 Å². The third kappa shape index (κ3) is 4.17. The summed E-state index contributed by atoms with van der Waals surface area (Å²) in [6.07, 6.45) is 3.00. The molecule has 116 valence electrons. The van der Waals surface area contributed by atoms with Crippen LogP contribution in [0.1, 0.15) is 46.5 Å². The first kappa shape index (κ1) is 15.7. The second-order valence-corrected chi connectivity index (χ2v) is 6.95. The Morgan fingerprint density at radius 3 is 2.50 bits per heavy atom. The topological polar surface area (TPSA) is 61.8 Å². The Morgan fingerprint density at radius 1 is 1.25 bits per heavy atom. The van der Waals surface area contributed by atoms with Gasteiger partial charge in [-0.25, -0.2) is 0 Å². The number of ether oxygens (including phenoxy) is 1. The second-order valence-electron chi connectivity index (χ2n) is 6.95. The molecule has 2 heterocycles. The molecule has 0 amide bonds. The minimum atomic E-state index is -0.473. The lowest BCUT2D eigenvalue weighted by Gasteiger charge is -2.43. The first-order chi connectivity index (χ1) is 9.37. The largest absolute Gasteiger partial charge is 0.459 e. The van der Waals surface area contributed by atoms with Crippen LogP contribution in [0.2, 0.25) is 0 Å². The molecule has 0 aromatic heterocycles. The summed E-state index contributed by atoms with van der Waals surface area (Å²) in [7, 11) is 0. The predicted octanol–water partition coefficient (Wildman–Crippen LogP) is 0.905. The summed E-state index contributed by atoms with van der Waals surface area (Å²) >= 11 is 0. The summed E-state index contributed by atoms with van der Waals surface area (Å²) in [5.41, 5.74) is -0.473. The van der Waals surface area contributed by atoms with E-state index in [-0.39, 0.29) is 18.1 Å². The van der Waals surface area contributed by atoms with Gasteiger partial charge in [0.15, 0.2) is 0 Å². The highest BCUT2D eigenvalue weighted by Gasteiger charge is 2.39. The van der Waals surface area contributed by atoms with E-state index in [1.54, 1.807) is 0 Å². The molecule has 0 radical (unpaired) electrons. The van der Waals surface area contributed by atoms with E-state index in [2.05, 4.69) is 10.2 Å². The lowest BCUT2D eigenvalue weighted by molar-refractivity contribution is -0.166. The van der Waals surface area contributed by atoms with Gasteiger partial charge in [-0.05, 0) is 59.5 Å². The SMILES string of the molecule is CC(C)(C)OC(=O)C1CC(O)CCN1C1CCNCC1. The zero-order valence-electron chi connectivity index (χ0n) is 12.9. The van der Waals surface area contributed by atoms with Crippen LogP contribution in [0.3, 0.4) is 0 Å². The van der Waals surface area contributed by atoms with Crippen molar-refractivity contribution in [1.29, 1.82) is 0 Å². The van der Waals surface area contributed by atoms with Crippen molar-refractivity contribution in [1.82, 2.24) is 10.2 Å². The summed E-state index contributed by atoms with van der Waals surface area (Å²) in [5, 5.41) is 13.2. The molecule has 2 atom stereocenters. The molecular formula is C15H28N2O3. The number of piperidine rings is 2. The molecular weight excluding hydrogens is 256 g/mol. The van der Waals surface area contributed by atoms with Gasteiger partial charge in [-0.1, -0.05) is 0 Å². The first-order valence-corrected chi connectivity index (χ1v) is 7.74. The Kier molecular flexibility index (Phi) is 5.04. The zero-order valence-corrected chi connectivity index (χ0v) is 12.9. The van der Waals surface area contributed by atoms with Gasteiger partial charge in [-0.3, -0.25) is 9.69 Å². The summed E-state index contributed by atoms with van der Waals surface area (Å²) < 4.78 is 5.54. The van der Waals surface area contributed by atoms with Gasteiger partial charge in [0.25, 0.3) is 0 Å². The van der Waals surface area contributed by atoms with Gasteiger partial charge in [0, 0.05) is 12.6 Å². The number of carbonyl (C=O) groups excluding carboxylic acids is 1. The van der Waals surface area contributed by atoms with E-state index in [0.717, 1.165) is 38.9 Å². The van der Waals surface area contributed by atoms with Gasteiger partial charge < -0.3 is 15.2 Å². The highest BCUT2D eigenvalue weighted by atomic mass is 16.6. The van der Waals surface area contributed by atoms with Crippen LogP contribution in [0.25, 0.3) is 0 Å². The quantitative estimate of drug-likeness (QED) is 0.738. The van der Waals surface area contributed by atoms with E-state index in [4.69, 9.17) is 4.74 Å². The number of hydrogen-bond acceptors (Lipinski definition) is 5. The molecule has 2 N–H and O–H groups in total. The maximum atomic E-state index is 12.4. The van der Waals surface area contributed by atoms with Gasteiger partial charge in [0.1, 0.15) is 11.6 Å². The van der Waals surface area contributed by atoms with Crippen molar-refractivity contribution in [3.8, 4) is 0 Å². The average Bonchev–Trinajstić information content (AvgIpc) is 2.37. The zero-order chi connectivity index (χ0) is 14.8. The van der Waals surface area contributed by atoms with E-state index in [9.17, 15) is 9.90 Å². The minimum Gasteiger partial charge on any atom is -0.459 e. The van der Waals surface area contributed by atoms with E-state index in [0.29, 0.717) is 12.5 Å². The number of nitrogens with one attached hydrogen (secondary N) is 1.